The van der Waals surface area contributed by atoms with Crippen LogP contribution in [0.1, 0.15) is 94.8 Å². The summed E-state index contributed by atoms with van der Waals surface area (Å²) in [5.74, 6) is 0.118. The number of ketones is 1. The van der Waals surface area contributed by atoms with E-state index < -0.39 is 0 Å². The van der Waals surface area contributed by atoms with Crippen LogP contribution in [0.25, 0.3) is 21.8 Å². The molecule has 186 valence electrons. The fraction of sp³-hybridized carbons (Fsp3) is 0.500. The molecule has 0 atom stereocenters. The van der Waals surface area contributed by atoms with Crippen LogP contribution in [0.15, 0.2) is 47.6 Å². The number of aromatic nitrogens is 1. The molecule has 2 aromatic carbocycles. The molecule has 1 fully saturated rings. The maximum absolute atomic E-state index is 13.6. The van der Waals surface area contributed by atoms with E-state index in [1.54, 1.807) is 0 Å². The number of para-hydroxylation sites is 1. The van der Waals surface area contributed by atoms with E-state index in [0.29, 0.717) is 30.0 Å². The Balaban J connectivity index is 1.59. The van der Waals surface area contributed by atoms with Crippen molar-refractivity contribution in [3.8, 4) is 0 Å². The predicted molar refractivity (Wildman–Crippen MR) is 143 cm³/mol. The van der Waals surface area contributed by atoms with Crippen LogP contribution in [0, 0.1) is 5.92 Å². The first-order valence-electron chi connectivity index (χ1n) is 13.4. The van der Waals surface area contributed by atoms with E-state index in [0.717, 1.165) is 48.5 Å². The van der Waals surface area contributed by atoms with Crippen LogP contribution in [0.4, 0.5) is 0 Å². The molecule has 0 unspecified atom stereocenters. The highest BCUT2D eigenvalue weighted by molar-refractivity contribution is 6.46. The number of oxime groups is 1. The van der Waals surface area contributed by atoms with Crippen LogP contribution >= 0.6 is 0 Å². The summed E-state index contributed by atoms with van der Waals surface area (Å²) in [7, 11) is 0. The highest BCUT2D eigenvalue weighted by Gasteiger charge is 2.21. The molecule has 0 amide bonds. The predicted octanol–water partition coefficient (Wildman–Crippen LogP) is 7.84. The summed E-state index contributed by atoms with van der Waals surface area (Å²) in [6, 6.07) is 14.2. The molecule has 4 rings (SSSR count). The maximum Gasteiger partial charge on any atom is 0.335 e. The van der Waals surface area contributed by atoms with Crippen LogP contribution in [0.5, 0.6) is 0 Å². The van der Waals surface area contributed by atoms with Crippen molar-refractivity contribution in [1.82, 2.24) is 4.57 Å². The minimum Gasteiger partial charge on any atom is -0.341 e. The van der Waals surface area contributed by atoms with E-state index in [1.165, 1.54) is 37.6 Å². The van der Waals surface area contributed by atoms with Gasteiger partial charge in [0, 0.05) is 40.3 Å². The Morgan fingerprint density at radius 2 is 1.71 bits per heavy atom. The Labute approximate surface area is 208 Å². The molecule has 5 nitrogen and oxygen atoms in total. The summed E-state index contributed by atoms with van der Waals surface area (Å²) >= 11 is 0. The van der Waals surface area contributed by atoms with Crippen molar-refractivity contribution in [2.75, 3.05) is 0 Å². The van der Waals surface area contributed by atoms with Crippen LogP contribution in [0.3, 0.4) is 0 Å². The number of Topliss-reactive ketones (excluding diaryl/α,β-unsaturated/α-hetero) is 1. The number of hydrogen-bond acceptors (Lipinski definition) is 4. The molecule has 0 N–H and O–H groups in total. The van der Waals surface area contributed by atoms with Crippen molar-refractivity contribution < 1.29 is 14.4 Å². The first-order valence-corrected chi connectivity index (χ1v) is 13.4. The van der Waals surface area contributed by atoms with Gasteiger partial charge >= 0.3 is 5.97 Å². The van der Waals surface area contributed by atoms with E-state index >= 15 is 0 Å². The van der Waals surface area contributed by atoms with Gasteiger partial charge in [0.2, 0.25) is 5.78 Å². The quantitative estimate of drug-likeness (QED) is 0.0935. The second-order valence-corrected chi connectivity index (χ2v) is 9.82. The number of benzene rings is 2. The zero-order valence-corrected chi connectivity index (χ0v) is 21.2. The molecule has 0 saturated heterocycles. The maximum atomic E-state index is 13.6. The van der Waals surface area contributed by atoms with E-state index in [-0.39, 0.29) is 11.8 Å². The van der Waals surface area contributed by atoms with Gasteiger partial charge in [0.25, 0.3) is 0 Å². The van der Waals surface area contributed by atoms with Gasteiger partial charge in [-0.25, -0.2) is 4.79 Å². The van der Waals surface area contributed by atoms with Crippen molar-refractivity contribution in [3.63, 3.8) is 0 Å². The smallest absolute Gasteiger partial charge is 0.335 e. The van der Waals surface area contributed by atoms with E-state index in [4.69, 9.17) is 4.84 Å². The van der Waals surface area contributed by atoms with Crippen molar-refractivity contribution in [3.05, 3.63) is 48.0 Å². The highest BCUT2D eigenvalue weighted by Crippen LogP contribution is 2.31. The normalized spacial score (nSPS) is 15.1. The molecular formula is C30H38N2O3. The number of unbranched alkanes of at least 4 members (excludes halogenated alkanes) is 2. The molecular weight excluding hydrogens is 436 g/mol. The second kappa shape index (κ2) is 12.1. The zero-order valence-electron chi connectivity index (χ0n) is 21.2. The number of aryl methyl sites for hydroxylation is 1. The van der Waals surface area contributed by atoms with Crippen molar-refractivity contribution >= 4 is 39.3 Å². The van der Waals surface area contributed by atoms with Crippen LogP contribution in [-0.2, 0) is 16.2 Å². The van der Waals surface area contributed by atoms with Gasteiger partial charge in [0.1, 0.15) is 5.71 Å². The monoisotopic (exact) mass is 474 g/mol. The van der Waals surface area contributed by atoms with Gasteiger partial charge in [0.05, 0.1) is 0 Å². The standard InChI is InChI=1S/C30H38N2O3/c1-3-5-7-16-29(33)35-31-26(19-17-22-12-8-6-9-13-22)30(34)23-18-20-28-25(21-23)24-14-10-11-15-27(24)32(28)4-2/h10-11,14-15,18,20-22H,3-9,12-13,16-17,19H2,1-2H3/b31-26+. The Morgan fingerprint density at radius 1 is 0.943 bits per heavy atom. The topological polar surface area (TPSA) is 60.7 Å². The molecule has 0 aliphatic heterocycles. The van der Waals surface area contributed by atoms with Gasteiger partial charge in [-0.2, -0.15) is 0 Å². The Kier molecular flexibility index (Phi) is 8.73. The highest BCUT2D eigenvalue weighted by atomic mass is 16.7. The molecule has 1 aliphatic rings. The second-order valence-electron chi connectivity index (χ2n) is 9.82. The summed E-state index contributed by atoms with van der Waals surface area (Å²) in [5, 5.41) is 6.35. The summed E-state index contributed by atoms with van der Waals surface area (Å²) < 4.78 is 2.27. The third kappa shape index (κ3) is 6.01. The van der Waals surface area contributed by atoms with Gasteiger partial charge in [-0.3, -0.25) is 4.79 Å². The lowest BCUT2D eigenvalue weighted by atomic mass is 9.85. The first-order chi connectivity index (χ1) is 17.1. The molecule has 35 heavy (non-hydrogen) atoms. The molecule has 0 bridgehead atoms. The lowest BCUT2D eigenvalue weighted by molar-refractivity contribution is -0.143. The lowest BCUT2D eigenvalue weighted by Gasteiger charge is -2.21. The summed E-state index contributed by atoms with van der Waals surface area (Å²) in [6.45, 7) is 5.09. The van der Waals surface area contributed by atoms with Gasteiger partial charge in [-0.1, -0.05) is 75.2 Å². The largest absolute Gasteiger partial charge is 0.341 e. The summed E-state index contributed by atoms with van der Waals surface area (Å²) in [6.07, 6.45) is 10.8. The van der Waals surface area contributed by atoms with Crippen molar-refractivity contribution in [2.24, 2.45) is 11.1 Å². The molecule has 5 heteroatoms. The third-order valence-corrected chi connectivity index (χ3v) is 7.37. The van der Waals surface area contributed by atoms with Crippen molar-refractivity contribution in [2.45, 2.75) is 91.0 Å². The number of carbonyl (C=O) groups excluding carboxylic acids is 2. The van der Waals surface area contributed by atoms with Crippen LogP contribution in [0.2, 0.25) is 0 Å². The van der Waals surface area contributed by atoms with Crippen molar-refractivity contribution in [1.29, 1.82) is 0 Å². The minimum atomic E-state index is -0.358. The Hall–Kier alpha value is -2.95. The summed E-state index contributed by atoms with van der Waals surface area (Å²) in [4.78, 5) is 31.1. The van der Waals surface area contributed by atoms with Gasteiger partial charge < -0.3 is 9.40 Å². The van der Waals surface area contributed by atoms with E-state index in [1.807, 2.05) is 30.3 Å². The number of nitrogens with zero attached hydrogens (tertiary/aromatic N) is 2. The van der Waals surface area contributed by atoms with Gasteiger partial charge in [-0.05, 0) is 56.4 Å². The zero-order chi connectivity index (χ0) is 24.6. The molecule has 3 aromatic rings. The molecule has 0 spiro atoms. The number of fused-ring (bicyclic) bond motifs is 3. The number of carbonyl (C=O) groups is 2. The lowest BCUT2D eigenvalue weighted by Crippen LogP contribution is -2.18. The average molecular weight is 475 g/mol. The van der Waals surface area contributed by atoms with Gasteiger partial charge in [0.15, 0.2) is 0 Å². The molecule has 1 aliphatic carbocycles. The SMILES string of the molecule is CCCCCC(=O)O/N=C(\CCC1CCCCC1)C(=O)c1ccc2c(c1)c1ccccc1n2CC. The fourth-order valence-electron chi connectivity index (χ4n) is 5.39. The molecule has 1 heterocycles. The van der Waals surface area contributed by atoms with Gasteiger partial charge in [-0.15, -0.1) is 0 Å². The first kappa shape index (κ1) is 25.2. The van der Waals surface area contributed by atoms with Crippen LogP contribution in [-0.4, -0.2) is 22.0 Å². The minimum absolute atomic E-state index is 0.141. The molecule has 1 saturated carbocycles. The molecule has 1 aromatic heterocycles. The average Bonchev–Trinajstić information content (AvgIpc) is 3.22. The number of rotatable bonds is 11. The fourth-order valence-corrected chi connectivity index (χ4v) is 5.39. The third-order valence-electron chi connectivity index (χ3n) is 7.37. The molecule has 0 radical (unpaired) electrons. The van der Waals surface area contributed by atoms with E-state index in [9.17, 15) is 9.59 Å². The Morgan fingerprint density at radius 3 is 2.49 bits per heavy atom. The van der Waals surface area contributed by atoms with Crippen LogP contribution < -0.4 is 0 Å². The van der Waals surface area contributed by atoms with E-state index in [2.05, 4.69) is 35.7 Å². The Bertz CT molecular complexity index is 1200. The number of hydrogen-bond donors (Lipinski definition) is 0. The summed E-state index contributed by atoms with van der Waals surface area (Å²) in [5.41, 5.74) is 3.24.